The summed E-state index contributed by atoms with van der Waals surface area (Å²) in [4.78, 5) is 4.26. The van der Waals surface area contributed by atoms with Crippen LogP contribution >= 0.6 is 0 Å². The van der Waals surface area contributed by atoms with E-state index >= 15 is 0 Å². The minimum absolute atomic E-state index is 0.0890. The van der Waals surface area contributed by atoms with Gasteiger partial charge in [0.1, 0.15) is 0 Å². The standard InChI is InChI=1S/C14H27N3/c1-5-6-7-8-12(4)17-10-16-9-13(17)14(15)11(2)3/h9-12,14H,5-8,15H2,1-4H3. The number of imidazole rings is 1. The van der Waals surface area contributed by atoms with Gasteiger partial charge in [0.25, 0.3) is 0 Å². The van der Waals surface area contributed by atoms with Gasteiger partial charge in [0, 0.05) is 18.3 Å². The van der Waals surface area contributed by atoms with E-state index in [1.165, 1.54) is 31.4 Å². The third-order valence-corrected chi connectivity index (χ3v) is 3.46. The quantitative estimate of drug-likeness (QED) is 0.735. The highest BCUT2D eigenvalue weighted by Gasteiger charge is 2.17. The molecule has 1 rings (SSSR count). The summed E-state index contributed by atoms with van der Waals surface area (Å²) in [5.74, 6) is 0.452. The third kappa shape index (κ3) is 3.84. The molecule has 0 radical (unpaired) electrons. The van der Waals surface area contributed by atoms with Crippen LogP contribution in [0.25, 0.3) is 0 Å². The van der Waals surface area contributed by atoms with Crippen molar-refractivity contribution in [3.05, 3.63) is 18.2 Å². The SMILES string of the molecule is CCCCCC(C)n1cncc1C(N)C(C)C. The molecule has 1 aromatic rings. The van der Waals surface area contributed by atoms with Crippen LogP contribution in [0.3, 0.4) is 0 Å². The molecule has 1 aromatic heterocycles. The van der Waals surface area contributed by atoms with Gasteiger partial charge in [-0.15, -0.1) is 0 Å². The van der Waals surface area contributed by atoms with Gasteiger partial charge in [-0.25, -0.2) is 4.98 Å². The largest absolute Gasteiger partial charge is 0.330 e. The van der Waals surface area contributed by atoms with Crippen LogP contribution in [0, 0.1) is 5.92 Å². The molecule has 0 aromatic carbocycles. The number of aromatic nitrogens is 2. The van der Waals surface area contributed by atoms with Crippen molar-refractivity contribution in [2.45, 2.75) is 65.5 Å². The van der Waals surface area contributed by atoms with E-state index < -0.39 is 0 Å². The van der Waals surface area contributed by atoms with Crippen molar-refractivity contribution < 1.29 is 0 Å². The first-order valence-electron chi connectivity index (χ1n) is 6.85. The molecule has 0 aliphatic carbocycles. The van der Waals surface area contributed by atoms with E-state index in [2.05, 4.69) is 37.2 Å². The molecular weight excluding hydrogens is 210 g/mol. The maximum atomic E-state index is 6.21. The van der Waals surface area contributed by atoms with Crippen molar-refractivity contribution in [1.29, 1.82) is 0 Å². The lowest BCUT2D eigenvalue weighted by Gasteiger charge is -2.22. The molecule has 2 atom stereocenters. The highest BCUT2D eigenvalue weighted by atomic mass is 15.1. The topological polar surface area (TPSA) is 43.8 Å². The molecule has 0 amide bonds. The molecule has 0 fully saturated rings. The van der Waals surface area contributed by atoms with Crippen LogP contribution in [0.1, 0.15) is 71.2 Å². The van der Waals surface area contributed by atoms with Gasteiger partial charge in [-0.3, -0.25) is 0 Å². The monoisotopic (exact) mass is 237 g/mol. The number of rotatable bonds is 7. The first-order chi connectivity index (χ1) is 8.07. The zero-order valence-electron chi connectivity index (χ0n) is 11.7. The fourth-order valence-corrected chi connectivity index (χ4v) is 2.11. The normalized spacial score (nSPS) is 15.2. The summed E-state index contributed by atoms with van der Waals surface area (Å²) < 4.78 is 2.25. The fourth-order valence-electron chi connectivity index (χ4n) is 2.11. The molecule has 0 bridgehead atoms. The van der Waals surface area contributed by atoms with E-state index in [-0.39, 0.29) is 6.04 Å². The summed E-state index contributed by atoms with van der Waals surface area (Å²) in [7, 11) is 0. The maximum Gasteiger partial charge on any atom is 0.0951 e. The van der Waals surface area contributed by atoms with Gasteiger partial charge in [0.05, 0.1) is 12.0 Å². The molecule has 0 aliphatic rings. The van der Waals surface area contributed by atoms with Gasteiger partial charge in [0.2, 0.25) is 0 Å². The Morgan fingerprint density at radius 3 is 2.59 bits per heavy atom. The van der Waals surface area contributed by atoms with Crippen molar-refractivity contribution in [3.63, 3.8) is 0 Å². The Hall–Kier alpha value is -0.830. The summed E-state index contributed by atoms with van der Waals surface area (Å²) in [6, 6.07) is 0.593. The van der Waals surface area contributed by atoms with Gasteiger partial charge in [0.15, 0.2) is 0 Å². The summed E-state index contributed by atoms with van der Waals surface area (Å²) >= 11 is 0. The average molecular weight is 237 g/mol. The lowest BCUT2D eigenvalue weighted by molar-refractivity contribution is 0.423. The molecule has 0 aliphatic heterocycles. The summed E-state index contributed by atoms with van der Waals surface area (Å²) in [5, 5.41) is 0. The molecule has 3 heteroatoms. The number of nitrogens with zero attached hydrogens (tertiary/aromatic N) is 2. The Bertz CT molecular complexity index is 317. The lowest BCUT2D eigenvalue weighted by atomic mass is 10.0. The molecule has 2 unspecified atom stereocenters. The molecular formula is C14H27N3. The molecule has 0 saturated heterocycles. The first kappa shape index (κ1) is 14.2. The molecule has 0 spiro atoms. The zero-order valence-corrected chi connectivity index (χ0v) is 11.7. The Kier molecular flexibility index (Phi) is 5.69. The van der Waals surface area contributed by atoms with Gasteiger partial charge in [-0.1, -0.05) is 40.0 Å². The molecule has 1 heterocycles. The van der Waals surface area contributed by atoms with E-state index in [9.17, 15) is 0 Å². The van der Waals surface area contributed by atoms with Crippen molar-refractivity contribution >= 4 is 0 Å². The van der Waals surface area contributed by atoms with Crippen molar-refractivity contribution in [2.75, 3.05) is 0 Å². The van der Waals surface area contributed by atoms with Gasteiger partial charge in [-0.05, 0) is 19.3 Å². The predicted octanol–water partition coefficient (Wildman–Crippen LogP) is 3.68. The Morgan fingerprint density at radius 2 is 2.00 bits per heavy atom. The Morgan fingerprint density at radius 1 is 1.29 bits per heavy atom. The van der Waals surface area contributed by atoms with Crippen molar-refractivity contribution in [3.8, 4) is 0 Å². The number of hydrogen-bond acceptors (Lipinski definition) is 2. The van der Waals surface area contributed by atoms with Crippen molar-refractivity contribution in [2.24, 2.45) is 11.7 Å². The third-order valence-electron chi connectivity index (χ3n) is 3.46. The predicted molar refractivity (Wildman–Crippen MR) is 72.8 cm³/mol. The second-order valence-corrected chi connectivity index (χ2v) is 5.34. The van der Waals surface area contributed by atoms with Crippen LogP contribution in [0.15, 0.2) is 12.5 Å². The van der Waals surface area contributed by atoms with Crippen LogP contribution in [0.5, 0.6) is 0 Å². The zero-order chi connectivity index (χ0) is 12.8. The molecule has 0 saturated carbocycles. The maximum absolute atomic E-state index is 6.21. The van der Waals surface area contributed by atoms with Gasteiger partial charge >= 0.3 is 0 Å². The molecule has 98 valence electrons. The van der Waals surface area contributed by atoms with E-state index in [1.54, 1.807) is 0 Å². The number of nitrogens with two attached hydrogens (primary N) is 1. The van der Waals surface area contributed by atoms with Crippen molar-refractivity contribution in [1.82, 2.24) is 9.55 Å². The average Bonchev–Trinajstić information content (AvgIpc) is 2.76. The van der Waals surface area contributed by atoms with Gasteiger partial charge < -0.3 is 10.3 Å². The fraction of sp³-hybridized carbons (Fsp3) is 0.786. The highest BCUT2D eigenvalue weighted by Crippen LogP contribution is 2.24. The Balaban J connectivity index is 2.67. The molecule has 17 heavy (non-hydrogen) atoms. The second kappa shape index (κ2) is 6.80. The molecule has 3 nitrogen and oxygen atoms in total. The van der Waals surface area contributed by atoms with Crippen LogP contribution in [0.4, 0.5) is 0 Å². The van der Waals surface area contributed by atoms with E-state index in [0.717, 1.165) is 0 Å². The smallest absolute Gasteiger partial charge is 0.0951 e. The minimum atomic E-state index is 0.0890. The van der Waals surface area contributed by atoms with E-state index in [4.69, 9.17) is 5.73 Å². The second-order valence-electron chi connectivity index (χ2n) is 5.34. The van der Waals surface area contributed by atoms with Crippen LogP contribution in [0.2, 0.25) is 0 Å². The Labute approximate surface area is 105 Å². The minimum Gasteiger partial charge on any atom is -0.330 e. The summed E-state index contributed by atoms with van der Waals surface area (Å²) in [5.41, 5.74) is 7.39. The summed E-state index contributed by atoms with van der Waals surface area (Å²) in [6.07, 6.45) is 8.92. The van der Waals surface area contributed by atoms with Crippen LogP contribution < -0.4 is 5.73 Å². The van der Waals surface area contributed by atoms with Crippen LogP contribution in [-0.2, 0) is 0 Å². The first-order valence-corrected chi connectivity index (χ1v) is 6.85. The number of unbranched alkanes of at least 4 members (excludes halogenated alkanes) is 2. The van der Waals surface area contributed by atoms with E-state index in [1.807, 2.05) is 12.5 Å². The molecule has 2 N–H and O–H groups in total. The highest BCUT2D eigenvalue weighted by molar-refractivity contribution is 5.06. The van der Waals surface area contributed by atoms with E-state index in [0.29, 0.717) is 12.0 Å². The number of hydrogen-bond donors (Lipinski definition) is 1. The van der Waals surface area contributed by atoms with Crippen LogP contribution in [-0.4, -0.2) is 9.55 Å². The van der Waals surface area contributed by atoms with Gasteiger partial charge in [-0.2, -0.15) is 0 Å². The lowest BCUT2D eigenvalue weighted by Crippen LogP contribution is -2.21. The summed E-state index contributed by atoms with van der Waals surface area (Å²) in [6.45, 7) is 8.81.